The van der Waals surface area contributed by atoms with Crippen LogP contribution in [-0.2, 0) is 26.8 Å². The quantitative estimate of drug-likeness (QED) is 0.560. The summed E-state index contributed by atoms with van der Waals surface area (Å²) in [6.45, 7) is 6.36. The molecule has 0 aromatic heterocycles. The average Bonchev–Trinajstić information content (AvgIpc) is 2.76. The number of benzene rings is 2. The van der Waals surface area contributed by atoms with Gasteiger partial charge < -0.3 is 19.5 Å². The van der Waals surface area contributed by atoms with Crippen LogP contribution < -0.4 is 24.2 Å². The zero-order chi connectivity index (χ0) is 23.9. The van der Waals surface area contributed by atoms with Gasteiger partial charge in [-0.05, 0) is 29.2 Å². The number of ether oxygens (including phenoxy) is 3. The van der Waals surface area contributed by atoms with Crippen molar-refractivity contribution in [1.29, 1.82) is 0 Å². The van der Waals surface area contributed by atoms with Gasteiger partial charge in [0.05, 0.1) is 26.2 Å². The molecule has 0 fully saturated rings. The van der Waals surface area contributed by atoms with Crippen LogP contribution in [0.25, 0.3) is 0 Å². The summed E-state index contributed by atoms with van der Waals surface area (Å²) < 4.78 is 43.3. The Morgan fingerprint density at radius 2 is 1.47 bits per heavy atom. The van der Waals surface area contributed by atoms with E-state index in [1.54, 1.807) is 36.4 Å². The first-order valence-electron chi connectivity index (χ1n) is 10.2. The molecule has 2 N–H and O–H groups in total. The van der Waals surface area contributed by atoms with Crippen molar-refractivity contribution in [3.05, 3.63) is 47.5 Å². The van der Waals surface area contributed by atoms with E-state index in [1.807, 2.05) is 0 Å². The summed E-state index contributed by atoms with van der Waals surface area (Å²) >= 11 is 0. The van der Waals surface area contributed by atoms with Crippen LogP contribution in [0.15, 0.2) is 41.3 Å². The number of nitrogens with one attached hydrogen (secondary N) is 2. The highest BCUT2D eigenvalue weighted by molar-refractivity contribution is 7.89. The van der Waals surface area contributed by atoms with E-state index in [-0.39, 0.29) is 35.7 Å². The lowest BCUT2D eigenvalue weighted by molar-refractivity contribution is -0.121. The first kappa shape index (κ1) is 25.5. The highest BCUT2D eigenvalue weighted by Crippen LogP contribution is 2.34. The van der Waals surface area contributed by atoms with Gasteiger partial charge in [0.15, 0.2) is 11.5 Å². The molecule has 0 unspecified atom stereocenters. The molecule has 0 saturated carbocycles. The van der Waals surface area contributed by atoms with Gasteiger partial charge in [-0.2, -0.15) is 0 Å². The van der Waals surface area contributed by atoms with Crippen molar-refractivity contribution >= 4 is 15.9 Å². The van der Waals surface area contributed by atoms with Crippen molar-refractivity contribution in [3.63, 3.8) is 0 Å². The molecule has 0 aliphatic heterocycles. The molecule has 0 radical (unpaired) electrons. The zero-order valence-electron chi connectivity index (χ0n) is 19.4. The van der Waals surface area contributed by atoms with E-state index in [0.717, 1.165) is 5.56 Å². The monoisotopic (exact) mass is 464 g/mol. The maximum absolute atomic E-state index is 12.5. The zero-order valence-corrected chi connectivity index (χ0v) is 20.3. The van der Waals surface area contributed by atoms with Gasteiger partial charge in [0.2, 0.25) is 15.9 Å². The maximum atomic E-state index is 12.5. The van der Waals surface area contributed by atoms with E-state index < -0.39 is 10.0 Å². The van der Waals surface area contributed by atoms with Crippen LogP contribution in [0.1, 0.15) is 38.3 Å². The number of hydrogen-bond acceptors (Lipinski definition) is 6. The second-order valence-corrected chi connectivity index (χ2v) is 9.98. The Labute approximate surface area is 190 Å². The summed E-state index contributed by atoms with van der Waals surface area (Å²) in [5.74, 6) is 1.28. The van der Waals surface area contributed by atoms with Crippen molar-refractivity contribution in [2.24, 2.45) is 0 Å². The van der Waals surface area contributed by atoms with Crippen molar-refractivity contribution in [3.8, 4) is 17.2 Å². The predicted molar refractivity (Wildman–Crippen MR) is 123 cm³/mol. The molecule has 0 saturated heterocycles. The molecule has 0 aliphatic rings. The third-order valence-electron chi connectivity index (χ3n) is 4.94. The van der Waals surface area contributed by atoms with Gasteiger partial charge in [-0.15, -0.1) is 0 Å². The smallest absolute Gasteiger partial charge is 0.240 e. The molecule has 0 spiro atoms. The Morgan fingerprint density at radius 1 is 0.906 bits per heavy atom. The van der Waals surface area contributed by atoms with Crippen molar-refractivity contribution in [2.45, 2.75) is 44.0 Å². The Kier molecular flexibility index (Phi) is 8.51. The van der Waals surface area contributed by atoms with Crippen molar-refractivity contribution in [1.82, 2.24) is 10.0 Å². The molecular weight excluding hydrogens is 432 g/mol. The predicted octanol–water partition coefficient (Wildman–Crippen LogP) is 2.99. The molecule has 32 heavy (non-hydrogen) atoms. The molecule has 0 bridgehead atoms. The number of methoxy groups -OCH3 is 3. The third kappa shape index (κ3) is 6.61. The summed E-state index contributed by atoms with van der Waals surface area (Å²) in [5.41, 5.74) is 1.68. The van der Waals surface area contributed by atoms with Gasteiger partial charge in [-0.1, -0.05) is 32.9 Å². The molecule has 0 heterocycles. The van der Waals surface area contributed by atoms with Crippen LogP contribution in [0.3, 0.4) is 0 Å². The van der Waals surface area contributed by atoms with Crippen molar-refractivity contribution < 1.29 is 27.4 Å². The largest absolute Gasteiger partial charge is 0.496 e. The number of carbonyl (C=O) groups excluding carboxylic acids is 1. The summed E-state index contributed by atoms with van der Waals surface area (Å²) in [6, 6.07) is 10.2. The van der Waals surface area contributed by atoms with Gasteiger partial charge in [-0.3, -0.25) is 4.79 Å². The fraction of sp³-hybridized carbons (Fsp3) is 0.435. The van der Waals surface area contributed by atoms with Crippen LogP contribution in [-0.4, -0.2) is 42.2 Å². The minimum Gasteiger partial charge on any atom is -0.496 e. The summed E-state index contributed by atoms with van der Waals surface area (Å²) in [4.78, 5) is 12.4. The molecule has 176 valence electrons. The standard InChI is InChI=1S/C23H32N2O6S/c1-23(2,3)17-7-9-18(10-8-17)32(27,28)25-12-11-22(26)24-15-16-13-20(30-5)21(31-6)14-19(16)29-4/h7-10,13-14,25H,11-12,15H2,1-6H3,(H,24,26). The lowest BCUT2D eigenvalue weighted by Crippen LogP contribution is -2.30. The second-order valence-electron chi connectivity index (χ2n) is 8.22. The van der Waals surface area contributed by atoms with E-state index in [4.69, 9.17) is 14.2 Å². The number of hydrogen-bond donors (Lipinski definition) is 2. The molecule has 8 nitrogen and oxygen atoms in total. The number of amides is 1. The van der Waals surface area contributed by atoms with Crippen molar-refractivity contribution in [2.75, 3.05) is 27.9 Å². The fourth-order valence-corrected chi connectivity index (χ4v) is 4.06. The van der Waals surface area contributed by atoms with Crippen LogP contribution in [0.5, 0.6) is 17.2 Å². The molecular formula is C23H32N2O6S. The summed E-state index contributed by atoms with van der Waals surface area (Å²) in [5, 5.41) is 2.76. The molecule has 2 aromatic rings. The molecule has 0 atom stereocenters. The first-order valence-corrected chi connectivity index (χ1v) is 11.7. The number of rotatable bonds is 10. The van der Waals surface area contributed by atoms with Gasteiger partial charge in [0.1, 0.15) is 5.75 Å². The highest BCUT2D eigenvalue weighted by atomic mass is 32.2. The highest BCUT2D eigenvalue weighted by Gasteiger charge is 2.18. The fourth-order valence-electron chi connectivity index (χ4n) is 3.03. The van der Waals surface area contributed by atoms with E-state index in [0.29, 0.717) is 22.8 Å². The van der Waals surface area contributed by atoms with Gasteiger partial charge in [0.25, 0.3) is 0 Å². The van der Waals surface area contributed by atoms with E-state index in [2.05, 4.69) is 30.8 Å². The lowest BCUT2D eigenvalue weighted by Gasteiger charge is -2.19. The Bertz CT molecular complexity index is 1030. The minimum atomic E-state index is -3.69. The molecule has 1 amide bonds. The third-order valence-corrected chi connectivity index (χ3v) is 6.41. The summed E-state index contributed by atoms with van der Waals surface area (Å²) in [7, 11) is 0.880. The Hall–Kier alpha value is -2.78. The topological polar surface area (TPSA) is 103 Å². The van der Waals surface area contributed by atoms with Crippen LogP contribution in [0.2, 0.25) is 0 Å². The van der Waals surface area contributed by atoms with Crippen LogP contribution in [0, 0.1) is 0 Å². The summed E-state index contributed by atoms with van der Waals surface area (Å²) in [6.07, 6.45) is -0.00505. The van der Waals surface area contributed by atoms with Crippen LogP contribution >= 0.6 is 0 Å². The van der Waals surface area contributed by atoms with E-state index in [9.17, 15) is 13.2 Å². The second kappa shape index (κ2) is 10.7. The van der Waals surface area contributed by atoms with Crippen LogP contribution in [0.4, 0.5) is 0 Å². The van der Waals surface area contributed by atoms with Gasteiger partial charge in [-0.25, -0.2) is 13.1 Å². The average molecular weight is 465 g/mol. The Morgan fingerprint density at radius 3 is 2.00 bits per heavy atom. The van der Waals surface area contributed by atoms with Gasteiger partial charge in [0, 0.05) is 31.1 Å². The molecule has 2 rings (SSSR count). The SMILES string of the molecule is COc1cc(OC)c(OC)cc1CNC(=O)CCNS(=O)(=O)c1ccc(C(C)(C)C)cc1. The lowest BCUT2D eigenvalue weighted by atomic mass is 9.87. The van der Waals surface area contributed by atoms with Gasteiger partial charge >= 0.3 is 0 Å². The molecule has 0 aliphatic carbocycles. The minimum absolute atomic E-state index is 0.00505. The normalized spacial score (nSPS) is 11.7. The maximum Gasteiger partial charge on any atom is 0.240 e. The number of carbonyl (C=O) groups is 1. The van der Waals surface area contributed by atoms with E-state index in [1.165, 1.54) is 21.3 Å². The first-order chi connectivity index (χ1) is 15.0. The van der Waals surface area contributed by atoms with E-state index >= 15 is 0 Å². The Balaban J connectivity index is 1.92. The molecule has 9 heteroatoms. The molecule has 2 aromatic carbocycles. The number of sulfonamides is 1.